The molecular formula is C20H13NO4S. The van der Waals surface area contributed by atoms with Gasteiger partial charge >= 0.3 is 0 Å². The van der Waals surface area contributed by atoms with Gasteiger partial charge in [0.25, 0.3) is 11.1 Å². The smallest absolute Gasteiger partial charge is 0.293 e. The lowest BCUT2D eigenvalue weighted by molar-refractivity contribution is -0.121. The predicted octanol–water partition coefficient (Wildman–Crippen LogP) is 4.13. The zero-order chi connectivity index (χ0) is 18.3. The van der Waals surface area contributed by atoms with Gasteiger partial charge in [-0.2, -0.15) is 0 Å². The number of benzene rings is 2. The van der Waals surface area contributed by atoms with Gasteiger partial charge in [-0.05, 0) is 35.5 Å². The van der Waals surface area contributed by atoms with E-state index in [-0.39, 0.29) is 16.6 Å². The zero-order valence-electron chi connectivity index (χ0n) is 13.8. The second kappa shape index (κ2) is 6.31. The van der Waals surface area contributed by atoms with Crippen LogP contribution in [0.25, 0.3) is 28.4 Å². The first-order valence-electron chi connectivity index (χ1n) is 7.88. The van der Waals surface area contributed by atoms with Crippen molar-refractivity contribution in [2.24, 2.45) is 0 Å². The fraction of sp³-hybridized carbons (Fsp3) is 0.0500. The minimum atomic E-state index is -0.301. The van der Waals surface area contributed by atoms with Gasteiger partial charge in [-0.25, -0.2) is 0 Å². The Kier molecular flexibility index (Phi) is 3.97. The maximum absolute atomic E-state index is 12.2. The molecule has 1 fully saturated rings. The Balaban J connectivity index is 1.68. The second-order valence-corrected chi connectivity index (χ2v) is 6.83. The van der Waals surface area contributed by atoms with Crippen LogP contribution >= 0.6 is 11.8 Å². The maximum Gasteiger partial charge on any atom is 0.293 e. The van der Waals surface area contributed by atoms with E-state index < -0.39 is 0 Å². The second-order valence-electron chi connectivity index (χ2n) is 5.83. The molecule has 0 radical (unpaired) electrons. The number of amides is 2. The van der Waals surface area contributed by atoms with E-state index in [9.17, 15) is 14.4 Å². The van der Waals surface area contributed by atoms with Crippen LogP contribution in [0.2, 0.25) is 0 Å². The van der Waals surface area contributed by atoms with Crippen LogP contribution in [-0.2, 0) is 4.79 Å². The number of hydrogen-bond donors (Lipinski definition) is 0. The summed E-state index contributed by atoms with van der Waals surface area (Å²) in [5, 5.41) is 0.263. The molecular weight excluding hydrogens is 350 g/mol. The molecule has 0 aliphatic carbocycles. The molecule has 0 N–H and O–H groups in total. The molecule has 1 saturated heterocycles. The largest absolute Gasteiger partial charge is 0.456 e. The van der Waals surface area contributed by atoms with E-state index >= 15 is 0 Å². The summed E-state index contributed by atoms with van der Waals surface area (Å²) in [5.41, 5.74) is 1.99. The van der Waals surface area contributed by atoms with Crippen molar-refractivity contribution >= 4 is 40.0 Å². The van der Waals surface area contributed by atoms with Crippen LogP contribution in [0.4, 0.5) is 4.79 Å². The number of nitrogens with zero attached hydrogens (tertiary/aromatic N) is 1. The SMILES string of the molecule is CN1C(=O)S/C(=C/c2ccc(-c3cc(=O)c4ccccc4o3)cc2)C1=O. The standard InChI is InChI=1S/C20H13NO4S/c1-21-19(23)18(26-20(21)24)10-12-6-8-13(9-7-12)17-11-15(22)14-4-2-3-5-16(14)25-17/h2-11H,1H3/b18-10+. The van der Waals surface area contributed by atoms with E-state index in [0.29, 0.717) is 21.6 Å². The molecule has 6 heteroatoms. The first-order valence-corrected chi connectivity index (χ1v) is 8.69. The first-order chi connectivity index (χ1) is 12.5. The highest BCUT2D eigenvalue weighted by molar-refractivity contribution is 8.18. The van der Waals surface area contributed by atoms with Crippen molar-refractivity contribution in [3.05, 3.63) is 75.3 Å². The molecule has 0 atom stereocenters. The number of carbonyl (C=O) groups excluding carboxylic acids is 2. The zero-order valence-corrected chi connectivity index (χ0v) is 14.6. The van der Waals surface area contributed by atoms with Crippen molar-refractivity contribution in [2.45, 2.75) is 0 Å². The fourth-order valence-electron chi connectivity index (χ4n) is 2.69. The Hall–Kier alpha value is -3.12. The molecule has 3 aromatic rings. The van der Waals surface area contributed by atoms with Gasteiger partial charge < -0.3 is 4.42 Å². The maximum atomic E-state index is 12.2. The van der Waals surface area contributed by atoms with Gasteiger partial charge in [0, 0.05) is 18.7 Å². The van der Waals surface area contributed by atoms with Crippen molar-refractivity contribution < 1.29 is 14.0 Å². The first kappa shape index (κ1) is 16.4. The van der Waals surface area contributed by atoms with E-state index in [0.717, 1.165) is 27.8 Å². The molecule has 2 amide bonds. The Morgan fingerprint density at radius 3 is 2.42 bits per heavy atom. The van der Waals surface area contributed by atoms with Gasteiger partial charge in [0.1, 0.15) is 11.3 Å². The summed E-state index contributed by atoms with van der Waals surface area (Å²) in [6, 6.07) is 15.8. The molecule has 0 spiro atoms. The highest BCUT2D eigenvalue weighted by atomic mass is 32.2. The van der Waals surface area contributed by atoms with Gasteiger partial charge in [0.2, 0.25) is 0 Å². The van der Waals surface area contributed by atoms with Gasteiger partial charge in [0.15, 0.2) is 5.43 Å². The summed E-state index contributed by atoms with van der Waals surface area (Å²) < 4.78 is 5.82. The molecule has 5 nitrogen and oxygen atoms in total. The number of rotatable bonds is 2. The molecule has 4 rings (SSSR count). The average molecular weight is 363 g/mol. The van der Waals surface area contributed by atoms with E-state index in [2.05, 4.69) is 0 Å². The molecule has 1 aromatic heterocycles. The quantitative estimate of drug-likeness (QED) is 0.641. The van der Waals surface area contributed by atoms with Crippen molar-refractivity contribution in [3.8, 4) is 11.3 Å². The molecule has 1 aliphatic heterocycles. The Morgan fingerprint density at radius 1 is 1.00 bits per heavy atom. The third-order valence-corrected chi connectivity index (χ3v) is 5.08. The molecule has 0 saturated carbocycles. The van der Waals surface area contributed by atoms with Crippen LogP contribution in [0.3, 0.4) is 0 Å². The average Bonchev–Trinajstić information content (AvgIpc) is 2.89. The van der Waals surface area contributed by atoms with Crippen LogP contribution in [0, 0.1) is 0 Å². The summed E-state index contributed by atoms with van der Waals surface area (Å²) in [7, 11) is 1.46. The predicted molar refractivity (Wildman–Crippen MR) is 102 cm³/mol. The minimum absolute atomic E-state index is 0.0949. The highest BCUT2D eigenvalue weighted by Crippen LogP contribution is 2.31. The lowest BCUT2D eigenvalue weighted by atomic mass is 10.1. The van der Waals surface area contributed by atoms with E-state index in [4.69, 9.17) is 4.42 Å². The van der Waals surface area contributed by atoms with Crippen molar-refractivity contribution in [1.29, 1.82) is 0 Å². The number of para-hydroxylation sites is 1. The summed E-state index contributed by atoms with van der Waals surface area (Å²) >= 11 is 0.919. The normalized spacial score (nSPS) is 16.0. The van der Waals surface area contributed by atoms with Crippen molar-refractivity contribution in [3.63, 3.8) is 0 Å². The Morgan fingerprint density at radius 2 is 1.73 bits per heavy atom. The fourth-order valence-corrected chi connectivity index (χ4v) is 3.51. The molecule has 0 unspecified atom stereocenters. The van der Waals surface area contributed by atoms with Gasteiger partial charge in [-0.3, -0.25) is 19.3 Å². The number of imide groups is 1. The molecule has 26 heavy (non-hydrogen) atoms. The van der Waals surface area contributed by atoms with Crippen LogP contribution in [0.1, 0.15) is 5.56 Å². The Labute approximate surface area is 152 Å². The number of thioether (sulfide) groups is 1. The monoisotopic (exact) mass is 363 g/mol. The van der Waals surface area contributed by atoms with Crippen LogP contribution in [-0.4, -0.2) is 23.1 Å². The summed E-state index contributed by atoms with van der Waals surface area (Å²) in [4.78, 5) is 37.2. The molecule has 128 valence electrons. The van der Waals surface area contributed by atoms with E-state index in [1.165, 1.54) is 13.1 Å². The Bertz CT molecular complexity index is 1130. The van der Waals surface area contributed by atoms with E-state index in [1.807, 2.05) is 30.3 Å². The minimum Gasteiger partial charge on any atom is -0.456 e. The lowest BCUT2D eigenvalue weighted by Gasteiger charge is -2.04. The van der Waals surface area contributed by atoms with Crippen LogP contribution in [0.15, 0.2) is 68.7 Å². The van der Waals surface area contributed by atoms with Crippen molar-refractivity contribution in [2.75, 3.05) is 7.05 Å². The highest BCUT2D eigenvalue weighted by Gasteiger charge is 2.31. The third-order valence-electron chi connectivity index (χ3n) is 4.11. The molecule has 2 heterocycles. The van der Waals surface area contributed by atoms with Crippen LogP contribution in [0.5, 0.6) is 0 Å². The number of fused-ring (bicyclic) bond motifs is 1. The number of hydrogen-bond acceptors (Lipinski definition) is 5. The molecule has 2 aromatic carbocycles. The summed E-state index contributed by atoms with van der Waals surface area (Å²) in [5.74, 6) is 0.179. The van der Waals surface area contributed by atoms with Crippen molar-refractivity contribution in [1.82, 2.24) is 4.90 Å². The van der Waals surface area contributed by atoms with Gasteiger partial charge in [-0.15, -0.1) is 0 Å². The van der Waals surface area contributed by atoms with Gasteiger partial charge in [-0.1, -0.05) is 36.4 Å². The summed E-state index contributed by atoms with van der Waals surface area (Å²) in [6.07, 6.45) is 1.68. The topological polar surface area (TPSA) is 67.6 Å². The number of likely N-dealkylation sites (N-methyl/N-ethyl adjacent to an activating group) is 1. The third kappa shape index (κ3) is 2.84. The molecule has 1 aliphatic rings. The molecule has 0 bridgehead atoms. The van der Waals surface area contributed by atoms with Crippen LogP contribution < -0.4 is 5.43 Å². The van der Waals surface area contributed by atoms with E-state index in [1.54, 1.807) is 24.3 Å². The number of carbonyl (C=O) groups is 2. The van der Waals surface area contributed by atoms with Gasteiger partial charge in [0.05, 0.1) is 10.3 Å². The lowest BCUT2D eigenvalue weighted by Crippen LogP contribution is -2.22. The summed E-state index contributed by atoms with van der Waals surface area (Å²) in [6.45, 7) is 0.